The van der Waals surface area contributed by atoms with Crippen molar-refractivity contribution in [1.82, 2.24) is 10.3 Å². The number of nitrogens with one attached hydrogen (secondary N) is 1. The van der Waals surface area contributed by atoms with Crippen LogP contribution in [0.15, 0.2) is 5.38 Å². The van der Waals surface area contributed by atoms with Gasteiger partial charge in [-0.2, -0.15) is 0 Å². The second kappa shape index (κ2) is 5.46. The summed E-state index contributed by atoms with van der Waals surface area (Å²) in [5.41, 5.74) is 0.520. The van der Waals surface area contributed by atoms with Crippen LogP contribution in [0.1, 0.15) is 28.8 Å². The fraction of sp³-hybridized carbons (Fsp3) is 0.556. The van der Waals surface area contributed by atoms with Crippen molar-refractivity contribution in [3.8, 4) is 0 Å². The van der Waals surface area contributed by atoms with Crippen molar-refractivity contribution < 1.29 is 4.79 Å². The van der Waals surface area contributed by atoms with Gasteiger partial charge in [-0.25, -0.2) is 4.98 Å². The zero-order valence-electron chi connectivity index (χ0n) is 8.21. The van der Waals surface area contributed by atoms with Gasteiger partial charge in [-0.3, -0.25) is 4.79 Å². The Morgan fingerprint density at radius 3 is 2.93 bits per heavy atom. The Morgan fingerprint density at radius 2 is 2.50 bits per heavy atom. The Bertz CT molecular complexity index is 310. The van der Waals surface area contributed by atoms with Crippen LogP contribution in [-0.2, 0) is 0 Å². The third kappa shape index (κ3) is 3.06. The van der Waals surface area contributed by atoms with Crippen LogP contribution in [-0.4, -0.2) is 22.3 Å². The Morgan fingerprint density at radius 1 is 1.79 bits per heavy atom. The molecule has 14 heavy (non-hydrogen) atoms. The smallest absolute Gasteiger partial charge is 0.271 e. The molecule has 0 spiro atoms. The van der Waals surface area contributed by atoms with E-state index in [0.29, 0.717) is 5.69 Å². The minimum atomic E-state index is -0.0827. The third-order valence-electron chi connectivity index (χ3n) is 1.87. The monoisotopic (exact) mass is 276 g/mol. The Labute approximate surface area is 96.1 Å². The van der Waals surface area contributed by atoms with Crippen molar-refractivity contribution in [1.29, 1.82) is 0 Å². The van der Waals surface area contributed by atoms with Gasteiger partial charge in [-0.15, -0.1) is 11.3 Å². The number of aryl methyl sites for hydroxylation is 1. The molecule has 5 heteroatoms. The average molecular weight is 277 g/mol. The maximum atomic E-state index is 11.6. The van der Waals surface area contributed by atoms with Gasteiger partial charge in [0.25, 0.3) is 5.91 Å². The highest BCUT2D eigenvalue weighted by Gasteiger charge is 2.12. The first-order chi connectivity index (χ1) is 6.67. The predicted molar refractivity (Wildman–Crippen MR) is 62.2 cm³/mol. The van der Waals surface area contributed by atoms with Crippen LogP contribution in [0.5, 0.6) is 0 Å². The van der Waals surface area contributed by atoms with Crippen LogP contribution in [0.3, 0.4) is 0 Å². The molecule has 0 aliphatic rings. The molecule has 0 bridgehead atoms. The van der Waals surface area contributed by atoms with Crippen LogP contribution in [0.25, 0.3) is 0 Å². The van der Waals surface area contributed by atoms with Crippen LogP contribution in [0.4, 0.5) is 0 Å². The number of amides is 1. The van der Waals surface area contributed by atoms with Crippen molar-refractivity contribution in [3.63, 3.8) is 0 Å². The normalized spacial score (nSPS) is 12.5. The molecule has 78 valence electrons. The van der Waals surface area contributed by atoms with Crippen molar-refractivity contribution in [2.45, 2.75) is 26.3 Å². The molecule has 0 saturated heterocycles. The summed E-state index contributed by atoms with van der Waals surface area (Å²) in [6.07, 6.45) is 0.917. The Hall–Kier alpha value is -0.420. The number of nitrogens with zero attached hydrogens (tertiary/aromatic N) is 1. The number of thiazole rings is 1. The van der Waals surface area contributed by atoms with E-state index >= 15 is 0 Å². The zero-order valence-corrected chi connectivity index (χ0v) is 10.6. The Kier molecular flexibility index (Phi) is 4.54. The number of carbonyl (C=O) groups is 1. The molecule has 0 radical (unpaired) electrons. The SMILES string of the molecule is CCC(CBr)NC(=O)c1csc(C)n1. The van der Waals surface area contributed by atoms with Crippen molar-refractivity contribution in [2.75, 3.05) is 5.33 Å². The molecule has 1 aromatic heterocycles. The molecule has 1 N–H and O–H groups in total. The maximum absolute atomic E-state index is 11.6. The standard InChI is InChI=1S/C9H13BrN2OS/c1-3-7(4-10)12-9(13)8-5-14-6(2)11-8/h5,7H,3-4H2,1-2H3,(H,12,13). The molecule has 1 unspecified atom stereocenters. The minimum absolute atomic E-state index is 0.0827. The summed E-state index contributed by atoms with van der Waals surface area (Å²) < 4.78 is 0. The number of carbonyl (C=O) groups excluding carboxylic acids is 1. The summed E-state index contributed by atoms with van der Waals surface area (Å²) in [4.78, 5) is 15.7. The van der Waals surface area contributed by atoms with Gasteiger partial charge in [0.2, 0.25) is 0 Å². The number of aromatic nitrogens is 1. The lowest BCUT2D eigenvalue weighted by molar-refractivity contribution is 0.0935. The second-order valence-corrected chi connectivity index (χ2v) is 4.69. The predicted octanol–water partition coefficient (Wildman–Crippen LogP) is 2.35. The zero-order chi connectivity index (χ0) is 10.6. The summed E-state index contributed by atoms with van der Waals surface area (Å²) in [6, 6.07) is 0.185. The first-order valence-corrected chi connectivity index (χ1v) is 6.46. The molecule has 0 aliphatic carbocycles. The first kappa shape index (κ1) is 11.7. The van der Waals surface area contributed by atoms with E-state index in [1.807, 2.05) is 13.8 Å². The number of alkyl halides is 1. The number of hydrogen-bond donors (Lipinski definition) is 1. The van der Waals surface area contributed by atoms with Gasteiger partial charge >= 0.3 is 0 Å². The largest absolute Gasteiger partial charge is 0.347 e. The van der Waals surface area contributed by atoms with Gasteiger partial charge in [-0.1, -0.05) is 22.9 Å². The fourth-order valence-corrected chi connectivity index (χ4v) is 2.19. The quantitative estimate of drug-likeness (QED) is 0.858. The summed E-state index contributed by atoms with van der Waals surface area (Å²) in [5.74, 6) is -0.0827. The van der Waals surface area contributed by atoms with E-state index in [1.165, 1.54) is 11.3 Å². The van der Waals surface area contributed by atoms with Gasteiger partial charge < -0.3 is 5.32 Å². The van der Waals surface area contributed by atoms with E-state index in [2.05, 4.69) is 26.2 Å². The molecule has 0 aromatic carbocycles. The topological polar surface area (TPSA) is 42.0 Å². The van der Waals surface area contributed by atoms with Gasteiger partial charge in [0, 0.05) is 16.8 Å². The molecule has 1 atom stereocenters. The number of halogens is 1. The van der Waals surface area contributed by atoms with Crippen molar-refractivity contribution in [2.24, 2.45) is 0 Å². The van der Waals surface area contributed by atoms with E-state index < -0.39 is 0 Å². The van der Waals surface area contributed by atoms with Crippen LogP contribution in [0.2, 0.25) is 0 Å². The van der Waals surface area contributed by atoms with E-state index in [9.17, 15) is 4.79 Å². The highest BCUT2D eigenvalue weighted by molar-refractivity contribution is 9.09. The lowest BCUT2D eigenvalue weighted by atomic mass is 10.2. The number of rotatable bonds is 4. The third-order valence-corrected chi connectivity index (χ3v) is 3.42. The highest BCUT2D eigenvalue weighted by Crippen LogP contribution is 2.08. The lowest BCUT2D eigenvalue weighted by Crippen LogP contribution is -2.35. The first-order valence-electron chi connectivity index (χ1n) is 4.46. The molecule has 1 rings (SSSR count). The molecule has 0 saturated carbocycles. The maximum Gasteiger partial charge on any atom is 0.271 e. The van der Waals surface area contributed by atoms with E-state index in [1.54, 1.807) is 5.38 Å². The summed E-state index contributed by atoms with van der Waals surface area (Å²) in [7, 11) is 0. The van der Waals surface area contributed by atoms with Crippen LogP contribution >= 0.6 is 27.3 Å². The van der Waals surface area contributed by atoms with E-state index in [-0.39, 0.29) is 11.9 Å². The van der Waals surface area contributed by atoms with Gasteiger partial charge in [0.05, 0.1) is 5.01 Å². The van der Waals surface area contributed by atoms with Crippen LogP contribution < -0.4 is 5.32 Å². The van der Waals surface area contributed by atoms with Gasteiger partial charge in [0.1, 0.15) is 5.69 Å². The summed E-state index contributed by atoms with van der Waals surface area (Å²) in [5, 5.41) is 6.38. The number of hydrogen-bond acceptors (Lipinski definition) is 3. The molecule has 0 fully saturated rings. The molecule has 1 heterocycles. The molecule has 1 amide bonds. The average Bonchev–Trinajstić information content (AvgIpc) is 2.61. The Balaban J connectivity index is 2.58. The van der Waals surface area contributed by atoms with Crippen molar-refractivity contribution >= 4 is 33.2 Å². The van der Waals surface area contributed by atoms with E-state index in [0.717, 1.165) is 16.8 Å². The lowest BCUT2D eigenvalue weighted by Gasteiger charge is -2.12. The highest BCUT2D eigenvalue weighted by atomic mass is 79.9. The van der Waals surface area contributed by atoms with Crippen molar-refractivity contribution in [3.05, 3.63) is 16.1 Å². The second-order valence-electron chi connectivity index (χ2n) is 2.98. The summed E-state index contributed by atoms with van der Waals surface area (Å²) in [6.45, 7) is 3.93. The van der Waals surface area contributed by atoms with Gasteiger partial charge in [0.15, 0.2) is 0 Å². The summed E-state index contributed by atoms with van der Waals surface area (Å²) >= 11 is 4.84. The van der Waals surface area contributed by atoms with E-state index in [4.69, 9.17) is 0 Å². The molecule has 0 aliphatic heterocycles. The molecular weight excluding hydrogens is 264 g/mol. The van der Waals surface area contributed by atoms with Gasteiger partial charge in [-0.05, 0) is 13.3 Å². The molecule has 1 aromatic rings. The fourth-order valence-electron chi connectivity index (χ4n) is 0.977. The molecule has 3 nitrogen and oxygen atoms in total. The van der Waals surface area contributed by atoms with Crippen LogP contribution in [0, 0.1) is 6.92 Å². The minimum Gasteiger partial charge on any atom is -0.347 e. The molecular formula is C9H13BrN2OS.